The Hall–Kier alpha value is -0.410. The van der Waals surface area contributed by atoms with Crippen molar-refractivity contribution in [3.05, 3.63) is 0 Å². The number of Topliss-reactive ketones (excluding diaryl/α,β-unsaturated/α-hetero) is 1. The Morgan fingerprint density at radius 3 is 2.40 bits per heavy atom. The zero-order chi connectivity index (χ0) is 8.20. The largest absolute Gasteiger partial charge is 0.393 e. The minimum Gasteiger partial charge on any atom is -0.393 e. The standard InChI is InChI=1S/C7H14O3/c1-3-4-6(9)7(2,10)5-8/h8,10H,3-5H2,1-2H3. The minimum absolute atomic E-state index is 0.294. The van der Waals surface area contributed by atoms with Gasteiger partial charge in [0, 0.05) is 6.42 Å². The monoisotopic (exact) mass is 146 g/mol. The molecule has 0 spiro atoms. The van der Waals surface area contributed by atoms with E-state index in [-0.39, 0.29) is 5.78 Å². The van der Waals surface area contributed by atoms with Crippen LogP contribution in [0.15, 0.2) is 0 Å². The number of rotatable bonds is 4. The molecule has 0 saturated carbocycles. The van der Waals surface area contributed by atoms with E-state index < -0.39 is 12.2 Å². The van der Waals surface area contributed by atoms with Crippen molar-refractivity contribution in [2.75, 3.05) is 6.61 Å². The first kappa shape index (κ1) is 9.59. The summed E-state index contributed by atoms with van der Waals surface area (Å²) in [5, 5.41) is 17.6. The van der Waals surface area contributed by atoms with Crippen molar-refractivity contribution in [3.8, 4) is 0 Å². The Labute approximate surface area is 60.7 Å². The van der Waals surface area contributed by atoms with Crippen LogP contribution in [0.3, 0.4) is 0 Å². The van der Waals surface area contributed by atoms with E-state index >= 15 is 0 Å². The van der Waals surface area contributed by atoms with E-state index in [4.69, 9.17) is 10.2 Å². The molecule has 1 atom stereocenters. The van der Waals surface area contributed by atoms with Crippen molar-refractivity contribution in [3.63, 3.8) is 0 Å². The summed E-state index contributed by atoms with van der Waals surface area (Å²) in [5.74, 6) is -0.294. The van der Waals surface area contributed by atoms with Gasteiger partial charge in [0.05, 0.1) is 6.61 Å². The molecule has 0 aromatic rings. The second-order valence-corrected chi connectivity index (χ2v) is 2.61. The van der Waals surface area contributed by atoms with Crippen LogP contribution < -0.4 is 0 Å². The number of carbonyl (C=O) groups is 1. The molecule has 1 unspecified atom stereocenters. The zero-order valence-electron chi connectivity index (χ0n) is 6.42. The molecule has 0 aliphatic carbocycles. The highest BCUT2D eigenvalue weighted by atomic mass is 16.3. The lowest BCUT2D eigenvalue weighted by atomic mass is 9.99. The Bertz CT molecular complexity index is 118. The molecule has 60 valence electrons. The van der Waals surface area contributed by atoms with Crippen LogP contribution in [-0.4, -0.2) is 28.2 Å². The van der Waals surface area contributed by atoms with Gasteiger partial charge in [-0.25, -0.2) is 0 Å². The molecule has 3 heteroatoms. The maximum absolute atomic E-state index is 10.9. The molecule has 10 heavy (non-hydrogen) atoms. The summed E-state index contributed by atoms with van der Waals surface area (Å²) in [4.78, 5) is 10.9. The lowest BCUT2D eigenvalue weighted by Crippen LogP contribution is -2.38. The smallest absolute Gasteiger partial charge is 0.166 e. The molecule has 0 aliphatic heterocycles. The maximum atomic E-state index is 10.9. The van der Waals surface area contributed by atoms with Gasteiger partial charge in [0.15, 0.2) is 5.78 Å². The molecule has 0 amide bonds. The van der Waals surface area contributed by atoms with E-state index in [2.05, 4.69) is 0 Å². The topological polar surface area (TPSA) is 57.5 Å². The van der Waals surface area contributed by atoms with Gasteiger partial charge in [-0.15, -0.1) is 0 Å². The third kappa shape index (κ3) is 2.45. The summed E-state index contributed by atoms with van der Waals surface area (Å²) in [6.07, 6.45) is 1.03. The first-order chi connectivity index (χ1) is 4.54. The Kier molecular flexibility index (Phi) is 3.53. The first-order valence-electron chi connectivity index (χ1n) is 3.41. The first-order valence-corrected chi connectivity index (χ1v) is 3.41. The van der Waals surface area contributed by atoms with Crippen LogP contribution in [0.5, 0.6) is 0 Å². The van der Waals surface area contributed by atoms with Crippen molar-refractivity contribution in [2.45, 2.75) is 32.3 Å². The van der Waals surface area contributed by atoms with Gasteiger partial charge < -0.3 is 10.2 Å². The molecule has 3 nitrogen and oxygen atoms in total. The summed E-state index contributed by atoms with van der Waals surface area (Å²) in [7, 11) is 0. The van der Waals surface area contributed by atoms with Gasteiger partial charge in [-0.1, -0.05) is 6.92 Å². The Morgan fingerprint density at radius 1 is 1.60 bits per heavy atom. The minimum atomic E-state index is -1.53. The zero-order valence-corrected chi connectivity index (χ0v) is 6.42. The normalized spacial score (nSPS) is 16.4. The van der Waals surface area contributed by atoms with Crippen LogP contribution in [0.4, 0.5) is 0 Å². The molecule has 0 rings (SSSR count). The van der Waals surface area contributed by atoms with Crippen LogP contribution in [0, 0.1) is 0 Å². The van der Waals surface area contributed by atoms with Gasteiger partial charge >= 0.3 is 0 Å². The lowest BCUT2D eigenvalue weighted by Gasteiger charge is -2.17. The summed E-state index contributed by atoms with van der Waals surface area (Å²) in [6, 6.07) is 0. The predicted molar refractivity (Wildman–Crippen MR) is 37.6 cm³/mol. The molecular formula is C7H14O3. The van der Waals surface area contributed by atoms with Gasteiger partial charge in [0.2, 0.25) is 0 Å². The molecule has 0 radical (unpaired) electrons. The van der Waals surface area contributed by atoms with Crippen LogP contribution in [0.25, 0.3) is 0 Å². The number of hydrogen-bond donors (Lipinski definition) is 2. The van der Waals surface area contributed by atoms with Crippen molar-refractivity contribution in [1.29, 1.82) is 0 Å². The van der Waals surface area contributed by atoms with E-state index in [1.165, 1.54) is 6.92 Å². The van der Waals surface area contributed by atoms with Crippen molar-refractivity contribution < 1.29 is 15.0 Å². The third-order valence-corrected chi connectivity index (χ3v) is 1.39. The van der Waals surface area contributed by atoms with Crippen LogP contribution >= 0.6 is 0 Å². The fourth-order valence-corrected chi connectivity index (χ4v) is 0.585. The number of carbonyl (C=O) groups excluding carboxylic acids is 1. The highest BCUT2D eigenvalue weighted by molar-refractivity contribution is 5.86. The molecule has 0 fully saturated rings. The molecule has 0 bridgehead atoms. The van der Waals surface area contributed by atoms with E-state index in [1.54, 1.807) is 0 Å². The summed E-state index contributed by atoms with van der Waals surface area (Å²) in [6.45, 7) is 2.68. The third-order valence-electron chi connectivity index (χ3n) is 1.39. The van der Waals surface area contributed by atoms with Gasteiger partial charge in [-0.2, -0.15) is 0 Å². The van der Waals surface area contributed by atoms with Gasteiger partial charge in [-0.3, -0.25) is 4.79 Å². The fraction of sp³-hybridized carbons (Fsp3) is 0.857. The van der Waals surface area contributed by atoms with Gasteiger partial charge in [-0.05, 0) is 13.3 Å². The lowest BCUT2D eigenvalue weighted by molar-refractivity contribution is -0.139. The summed E-state index contributed by atoms with van der Waals surface area (Å²) < 4.78 is 0. The fourth-order valence-electron chi connectivity index (χ4n) is 0.585. The summed E-state index contributed by atoms with van der Waals surface area (Å²) in [5.41, 5.74) is -1.53. The maximum Gasteiger partial charge on any atom is 0.166 e. The van der Waals surface area contributed by atoms with Crippen molar-refractivity contribution in [2.24, 2.45) is 0 Å². The number of ketones is 1. The van der Waals surface area contributed by atoms with Crippen LogP contribution in [0.2, 0.25) is 0 Å². The molecule has 0 saturated heterocycles. The number of hydrogen-bond acceptors (Lipinski definition) is 3. The van der Waals surface area contributed by atoms with Gasteiger partial charge in [0.25, 0.3) is 0 Å². The molecule has 0 aromatic carbocycles. The SMILES string of the molecule is CCCC(=O)C(C)(O)CO. The van der Waals surface area contributed by atoms with Crippen molar-refractivity contribution >= 4 is 5.78 Å². The van der Waals surface area contributed by atoms with Crippen LogP contribution in [-0.2, 0) is 4.79 Å². The van der Waals surface area contributed by atoms with E-state index in [0.717, 1.165) is 0 Å². The summed E-state index contributed by atoms with van der Waals surface area (Å²) >= 11 is 0. The van der Waals surface area contributed by atoms with E-state index in [0.29, 0.717) is 12.8 Å². The molecule has 2 N–H and O–H groups in total. The molecule has 0 aliphatic rings. The number of aliphatic hydroxyl groups is 2. The number of aliphatic hydroxyl groups excluding tert-OH is 1. The average molecular weight is 146 g/mol. The van der Waals surface area contributed by atoms with Crippen molar-refractivity contribution in [1.82, 2.24) is 0 Å². The quantitative estimate of drug-likeness (QED) is 0.591. The second kappa shape index (κ2) is 3.68. The highest BCUT2D eigenvalue weighted by Crippen LogP contribution is 2.07. The van der Waals surface area contributed by atoms with E-state index in [1.807, 2.05) is 6.92 Å². The van der Waals surface area contributed by atoms with Gasteiger partial charge in [0.1, 0.15) is 5.60 Å². The van der Waals surface area contributed by atoms with E-state index in [9.17, 15) is 4.79 Å². The average Bonchev–Trinajstić information content (AvgIpc) is 1.89. The highest BCUT2D eigenvalue weighted by Gasteiger charge is 2.27. The molecular weight excluding hydrogens is 132 g/mol. The molecule has 0 heterocycles. The Balaban J connectivity index is 3.91. The molecule has 0 aromatic heterocycles. The Morgan fingerprint density at radius 2 is 2.10 bits per heavy atom. The van der Waals surface area contributed by atoms with Crippen LogP contribution in [0.1, 0.15) is 26.7 Å². The second-order valence-electron chi connectivity index (χ2n) is 2.61. The predicted octanol–water partition coefficient (Wildman–Crippen LogP) is 0.0989.